The molecule has 108 valence electrons. The van der Waals surface area contributed by atoms with E-state index in [-0.39, 0.29) is 18.5 Å². The molecule has 20 heavy (non-hydrogen) atoms. The Kier molecular flexibility index (Phi) is 3.01. The van der Waals surface area contributed by atoms with Gasteiger partial charge in [-0.15, -0.1) is 0 Å². The Morgan fingerprint density at radius 3 is 2.85 bits per heavy atom. The van der Waals surface area contributed by atoms with Gasteiger partial charge in [0.2, 0.25) is 0 Å². The smallest absolute Gasteiger partial charge is 0.322 e. The van der Waals surface area contributed by atoms with Crippen LogP contribution in [0.5, 0.6) is 0 Å². The van der Waals surface area contributed by atoms with Gasteiger partial charge in [0.15, 0.2) is 0 Å². The van der Waals surface area contributed by atoms with Crippen molar-refractivity contribution in [3.63, 3.8) is 0 Å². The normalized spacial score (nSPS) is 25.8. The third-order valence-electron chi connectivity index (χ3n) is 4.11. The molecular formula is C13H19N5O2. The molecule has 0 aliphatic carbocycles. The van der Waals surface area contributed by atoms with Gasteiger partial charge in [-0.05, 0) is 25.5 Å². The number of rotatable bonds is 3. The third-order valence-corrected chi connectivity index (χ3v) is 4.11. The highest BCUT2D eigenvalue weighted by Gasteiger charge is 2.52. The number of amides is 3. The number of aromatic nitrogens is 2. The van der Waals surface area contributed by atoms with Gasteiger partial charge < -0.3 is 10.6 Å². The monoisotopic (exact) mass is 277 g/mol. The van der Waals surface area contributed by atoms with Crippen LogP contribution in [0.25, 0.3) is 0 Å². The lowest BCUT2D eigenvalue weighted by molar-refractivity contribution is -0.131. The second-order valence-corrected chi connectivity index (χ2v) is 5.43. The first-order chi connectivity index (χ1) is 9.55. The first kappa shape index (κ1) is 13.1. The van der Waals surface area contributed by atoms with E-state index in [1.54, 1.807) is 4.68 Å². The zero-order valence-corrected chi connectivity index (χ0v) is 11.8. The zero-order valence-electron chi connectivity index (χ0n) is 11.8. The second-order valence-electron chi connectivity index (χ2n) is 5.43. The van der Waals surface area contributed by atoms with Gasteiger partial charge in [0, 0.05) is 13.6 Å². The Morgan fingerprint density at radius 2 is 2.25 bits per heavy atom. The summed E-state index contributed by atoms with van der Waals surface area (Å²) >= 11 is 0. The average molecular weight is 277 g/mol. The van der Waals surface area contributed by atoms with Crippen LogP contribution in [-0.2, 0) is 24.8 Å². The summed E-state index contributed by atoms with van der Waals surface area (Å²) in [5.41, 5.74) is 1.10. The third kappa shape index (κ3) is 1.89. The highest BCUT2D eigenvalue weighted by atomic mass is 16.2. The van der Waals surface area contributed by atoms with Gasteiger partial charge in [-0.25, -0.2) is 4.79 Å². The maximum Gasteiger partial charge on any atom is 0.325 e. The van der Waals surface area contributed by atoms with E-state index in [1.807, 2.05) is 20.0 Å². The molecule has 7 nitrogen and oxygen atoms in total. The van der Waals surface area contributed by atoms with Gasteiger partial charge in [0.25, 0.3) is 5.91 Å². The molecule has 7 heteroatoms. The predicted octanol–water partition coefficient (Wildman–Crippen LogP) is -0.234. The van der Waals surface area contributed by atoms with Crippen molar-refractivity contribution in [2.75, 3.05) is 13.1 Å². The molecule has 1 spiro atoms. The summed E-state index contributed by atoms with van der Waals surface area (Å²) in [6.45, 7) is 3.57. The SMILES string of the molecule is CCc1cc(CN2C(=O)NC3(CCNC3)C2=O)n(C)n1. The van der Waals surface area contributed by atoms with Gasteiger partial charge in [0.1, 0.15) is 5.54 Å². The molecule has 0 aromatic carbocycles. The molecule has 1 atom stereocenters. The first-order valence-electron chi connectivity index (χ1n) is 6.92. The Balaban J connectivity index is 1.82. The quantitative estimate of drug-likeness (QED) is 0.748. The van der Waals surface area contributed by atoms with E-state index < -0.39 is 5.54 Å². The predicted molar refractivity (Wildman–Crippen MR) is 71.9 cm³/mol. The van der Waals surface area contributed by atoms with Crippen LogP contribution in [0.3, 0.4) is 0 Å². The minimum atomic E-state index is -0.733. The number of carbonyl (C=O) groups excluding carboxylic acids is 2. The van der Waals surface area contributed by atoms with Crippen LogP contribution >= 0.6 is 0 Å². The summed E-state index contributed by atoms with van der Waals surface area (Å²) in [7, 11) is 1.83. The molecule has 2 aliphatic rings. The Bertz CT molecular complexity index is 559. The summed E-state index contributed by atoms with van der Waals surface area (Å²) < 4.78 is 1.73. The fraction of sp³-hybridized carbons (Fsp3) is 0.615. The minimum Gasteiger partial charge on any atom is -0.322 e. The van der Waals surface area contributed by atoms with Crippen LogP contribution in [0.1, 0.15) is 24.7 Å². The number of urea groups is 1. The standard InChI is InChI=1S/C13H19N5O2/c1-3-9-6-10(17(2)16-9)7-18-11(19)13(15-12(18)20)4-5-14-8-13/h6,14H,3-5,7-8H2,1-2H3,(H,15,20). The maximum absolute atomic E-state index is 12.5. The molecular weight excluding hydrogens is 258 g/mol. The van der Waals surface area contributed by atoms with Gasteiger partial charge in [-0.2, -0.15) is 5.10 Å². The number of nitrogens with one attached hydrogen (secondary N) is 2. The minimum absolute atomic E-state index is 0.133. The second kappa shape index (κ2) is 4.59. The molecule has 1 aromatic rings. The molecule has 3 heterocycles. The summed E-state index contributed by atoms with van der Waals surface area (Å²) in [6, 6.07) is 1.64. The van der Waals surface area contributed by atoms with E-state index in [9.17, 15) is 9.59 Å². The molecule has 0 radical (unpaired) electrons. The van der Waals surface area contributed by atoms with E-state index in [0.717, 1.165) is 24.4 Å². The topological polar surface area (TPSA) is 79.3 Å². The van der Waals surface area contributed by atoms with Crippen molar-refractivity contribution < 1.29 is 9.59 Å². The highest BCUT2D eigenvalue weighted by molar-refractivity contribution is 6.07. The van der Waals surface area contributed by atoms with E-state index in [4.69, 9.17) is 0 Å². The van der Waals surface area contributed by atoms with E-state index >= 15 is 0 Å². The first-order valence-corrected chi connectivity index (χ1v) is 6.92. The van der Waals surface area contributed by atoms with Crippen molar-refractivity contribution in [1.82, 2.24) is 25.3 Å². The van der Waals surface area contributed by atoms with Crippen molar-refractivity contribution in [1.29, 1.82) is 0 Å². The summed E-state index contributed by atoms with van der Waals surface area (Å²) in [6.07, 6.45) is 1.49. The Morgan fingerprint density at radius 1 is 1.45 bits per heavy atom. The fourth-order valence-corrected chi connectivity index (χ4v) is 2.86. The lowest BCUT2D eigenvalue weighted by Gasteiger charge is -2.19. The van der Waals surface area contributed by atoms with Gasteiger partial charge in [0.05, 0.1) is 17.9 Å². The zero-order chi connectivity index (χ0) is 14.3. The molecule has 0 saturated carbocycles. The van der Waals surface area contributed by atoms with E-state index in [2.05, 4.69) is 15.7 Å². The van der Waals surface area contributed by atoms with E-state index in [0.29, 0.717) is 13.0 Å². The molecule has 0 bridgehead atoms. The number of hydrogen-bond donors (Lipinski definition) is 2. The Labute approximate surface area is 117 Å². The van der Waals surface area contributed by atoms with Gasteiger partial charge >= 0.3 is 6.03 Å². The summed E-state index contributed by atoms with van der Waals surface area (Å²) in [4.78, 5) is 25.9. The van der Waals surface area contributed by atoms with Crippen molar-refractivity contribution in [2.24, 2.45) is 7.05 Å². The number of aryl methyl sites for hydroxylation is 2. The van der Waals surface area contributed by atoms with Crippen LogP contribution in [0.15, 0.2) is 6.07 Å². The van der Waals surface area contributed by atoms with Crippen molar-refractivity contribution in [2.45, 2.75) is 31.8 Å². The maximum atomic E-state index is 12.5. The molecule has 3 amide bonds. The lowest BCUT2D eigenvalue weighted by Crippen LogP contribution is -2.48. The van der Waals surface area contributed by atoms with Crippen molar-refractivity contribution in [3.8, 4) is 0 Å². The molecule has 1 unspecified atom stereocenters. The molecule has 2 saturated heterocycles. The van der Waals surface area contributed by atoms with Crippen LogP contribution in [0.2, 0.25) is 0 Å². The molecule has 2 N–H and O–H groups in total. The largest absolute Gasteiger partial charge is 0.325 e. The number of carbonyl (C=O) groups is 2. The van der Waals surface area contributed by atoms with Crippen LogP contribution in [0.4, 0.5) is 4.79 Å². The lowest BCUT2D eigenvalue weighted by atomic mass is 9.99. The van der Waals surface area contributed by atoms with Gasteiger partial charge in [-0.3, -0.25) is 14.4 Å². The average Bonchev–Trinajstić information content (AvgIpc) is 3.08. The molecule has 2 fully saturated rings. The summed E-state index contributed by atoms with van der Waals surface area (Å²) in [5, 5.41) is 10.3. The molecule has 2 aliphatic heterocycles. The van der Waals surface area contributed by atoms with Crippen molar-refractivity contribution >= 4 is 11.9 Å². The number of nitrogens with zero attached hydrogens (tertiary/aromatic N) is 3. The van der Waals surface area contributed by atoms with Crippen LogP contribution in [-0.4, -0.2) is 45.2 Å². The van der Waals surface area contributed by atoms with Crippen molar-refractivity contribution in [3.05, 3.63) is 17.5 Å². The number of imide groups is 1. The van der Waals surface area contributed by atoms with Gasteiger partial charge in [-0.1, -0.05) is 6.92 Å². The van der Waals surface area contributed by atoms with Crippen LogP contribution < -0.4 is 10.6 Å². The fourth-order valence-electron chi connectivity index (χ4n) is 2.86. The molecule has 1 aromatic heterocycles. The van der Waals surface area contributed by atoms with Crippen LogP contribution in [0, 0.1) is 0 Å². The Hall–Kier alpha value is -1.89. The summed E-state index contributed by atoms with van der Waals surface area (Å²) in [5.74, 6) is -0.133. The highest BCUT2D eigenvalue weighted by Crippen LogP contribution is 2.25. The molecule has 3 rings (SSSR count). The number of hydrogen-bond acceptors (Lipinski definition) is 4. The van der Waals surface area contributed by atoms with E-state index in [1.165, 1.54) is 4.90 Å².